The molecule has 1 aliphatic heterocycles. The number of ether oxygens (including phenoxy) is 1. The summed E-state index contributed by atoms with van der Waals surface area (Å²) in [4.78, 5) is 11.4. The lowest BCUT2D eigenvalue weighted by Crippen LogP contribution is -2.47. The van der Waals surface area contributed by atoms with Gasteiger partial charge in [-0.05, 0) is 52.3 Å². The van der Waals surface area contributed by atoms with Crippen molar-refractivity contribution in [2.24, 2.45) is 0 Å². The van der Waals surface area contributed by atoms with Crippen LogP contribution in [0.2, 0.25) is 0 Å². The maximum atomic E-state index is 12.0. The first-order valence-electron chi connectivity index (χ1n) is 7.48. The van der Waals surface area contributed by atoms with Gasteiger partial charge in [-0.15, -0.1) is 0 Å². The van der Waals surface area contributed by atoms with Crippen molar-refractivity contribution >= 4 is 6.09 Å². The Balaban J connectivity index is 0.000000253. The largest absolute Gasteiger partial charge is 0.444 e. The molecule has 0 radical (unpaired) electrons. The standard InChI is InChI=1S/C10H20N2O2.C6H3F3/c1-10(2,3)14-9(13)12-8-5-4-6-11-7-8;7-4-1-2-5(8)6(9)3-4/h8,11H,4-7H2,1-3H3,(H,12,13);1-3H/t8-;/m1./s1. The van der Waals surface area contributed by atoms with Gasteiger partial charge in [-0.3, -0.25) is 0 Å². The van der Waals surface area contributed by atoms with Crippen molar-refractivity contribution in [1.82, 2.24) is 10.6 Å². The summed E-state index contributed by atoms with van der Waals surface area (Å²) in [5, 5.41) is 6.08. The van der Waals surface area contributed by atoms with Crippen molar-refractivity contribution in [1.29, 1.82) is 0 Å². The fourth-order valence-corrected chi connectivity index (χ4v) is 1.92. The van der Waals surface area contributed by atoms with E-state index in [9.17, 15) is 18.0 Å². The molecule has 0 aromatic heterocycles. The molecule has 1 amide bonds. The first-order valence-corrected chi connectivity index (χ1v) is 7.48. The number of carbonyl (C=O) groups is 1. The molecule has 7 heteroatoms. The van der Waals surface area contributed by atoms with Gasteiger partial charge in [-0.1, -0.05) is 0 Å². The lowest BCUT2D eigenvalue weighted by atomic mass is 10.1. The summed E-state index contributed by atoms with van der Waals surface area (Å²) in [7, 11) is 0. The van der Waals surface area contributed by atoms with Crippen LogP contribution < -0.4 is 10.6 Å². The Morgan fingerprint density at radius 1 is 1.26 bits per heavy atom. The number of hydrogen-bond acceptors (Lipinski definition) is 3. The van der Waals surface area contributed by atoms with Crippen molar-refractivity contribution in [2.75, 3.05) is 13.1 Å². The molecule has 2 rings (SSSR count). The Labute approximate surface area is 134 Å². The normalized spacial score (nSPS) is 17.7. The van der Waals surface area contributed by atoms with E-state index in [0.29, 0.717) is 6.07 Å². The zero-order valence-corrected chi connectivity index (χ0v) is 13.6. The lowest BCUT2D eigenvalue weighted by molar-refractivity contribution is 0.0497. The molecule has 4 nitrogen and oxygen atoms in total. The van der Waals surface area contributed by atoms with Crippen molar-refractivity contribution < 1.29 is 22.7 Å². The van der Waals surface area contributed by atoms with Gasteiger partial charge in [0.1, 0.15) is 11.4 Å². The van der Waals surface area contributed by atoms with Gasteiger partial charge < -0.3 is 15.4 Å². The lowest BCUT2D eigenvalue weighted by Gasteiger charge is -2.26. The molecule has 1 atom stereocenters. The van der Waals surface area contributed by atoms with Crippen LogP contribution in [0, 0.1) is 17.5 Å². The monoisotopic (exact) mass is 332 g/mol. The van der Waals surface area contributed by atoms with Crippen LogP contribution in [-0.2, 0) is 4.74 Å². The minimum Gasteiger partial charge on any atom is -0.444 e. The summed E-state index contributed by atoms with van der Waals surface area (Å²) in [6.45, 7) is 7.49. The Morgan fingerprint density at radius 3 is 2.43 bits per heavy atom. The van der Waals surface area contributed by atoms with Crippen molar-refractivity contribution in [3.8, 4) is 0 Å². The highest BCUT2D eigenvalue weighted by molar-refractivity contribution is 5.68. The van der Waals surface area contributed by atoms with Crippen LogP contribution in [-0.4, -0.2) is 30.8 Å². The van der Waals surface area contributed by atoms with Gasteiger partial charge in [-0.25, -0.2) is 18.0 Å². The van der Waals surface area contributed by atoms with E-state index in [2.05, 4.69) is 10.6 Å². The number of hydrogen-bond donors (Lipinski definition) is 2. The van der Waals surface area contributed by atoms with Gasteiger partial charge in [0.25, 0.3) is 0 Å². The third-order valence-electron chi connectivity index (χ3n) is 2.90. The second-order valence-corrected chi connectivity index (χ2v) is 6.25. The van der Waals surface area contributed by atoms with Crippen LogP contribution in [0.15, 0.2) is 18.2 Å². The van der Waals surface area contributed by atoms with Crippen LogP contribution in [0.3, 0.4) is 0 Å². The highest BCUT2D eigenvalue weighted by Crippen LogP contribution is 2.08. The minimum atomic E-state index is -1.16. The molecule has 23 heavy (non-hydrogen) atoms. The Bertz CT molecular complexity index is 513. The maximum Gasteiger partial charge on any atom is 0.407 e. The number of nitrogens with one attached hydrogen (secondary N) is 2. The molecule has 1 fully saturated rings. The highest BCUT2D eigenvalue weighted by Gasteiger charge is 2.20. The summed E-state index contributed by atoms with van der Waals surface area (Å²) in [6, 6.07) is 2.32. The molecule has 0 aliphatic carbocycles. The molecule has 1 saturated heterocycles. The van der Waals surface area contributed by atoms with Gasteiger partial charge >= 0.3 is 6.09 Å². The fraction of sp³-hybridized carbons (Fsp3) is 0.562. The summed E-state index contributed by atoms with van der Waals surface area (Å²) < 4.78 is 41.0. The summed E-state index contributed by atoms with van der Waals surface area (Å²) >= 11 is 0. The van der Waals surface area contributed by atoms with E-state index in [1.165, 1.54) is 0 Å². The second-order valence-electron chi connectivity index (χ2n) is 6.25. The quantitative estimate of drug-likeness (QED) is 0.775. The van der Waals surface area contributed by atoms with E-state index in [-0.39, 0.29) is 12.1 Å². The molecule has 2 N–H and O–H groups in total. The van der Waals surface area contributed by atoms with Gasteiger partial charge in [0.15, 0.2) is 11.6 Å². The number of piperidine rings is 1. The maximum absolute atomic E-state index is 12.0. The zero-order valence-electron chi connectivity index (χ0n) is 13.6. The molecule has 1 aromatic carbocycles. The molecule has 1 aromatic rings. The van der Waals surface area contributed by atoms with E-state index in [0.717, 1.165) is 38.1 Å². The molecule has 0 saturated carbocycles. The number of alkyl carbamates (subject to hydrolysis) is 1. The Hall–Kier alpha value is -1.76. The topological polar surface area (TPSA) is 50.4 Å². The first-order chi connectivity index (χ1) is 10.7. The fourth-order valence-electron chi connectivity index (χ4n) is 1.92. The summed E-state index contributed by atoms with van der Waals surface area (Å²) in [5.74, 6) is -2.96. The SMILES string of the molecule is CC(C)(C)OC(=O)N[C@@H]1CCCNC1.Fc1ccc(F)c(F)c1. The minimum absolute atomic E-state index is 0.221. The van der Waals surface area contributed by atoms with E-state index < -0.39 is 23.1 Å². The number of benzene rings is 1. The average Bonchev–Trinajstić information content (AvgIpc) is 2.43. The smallest absolute Gasteiger partial charge is 0.407 e. The molecule has 0 spiro atoms. The molecule has 130 valence electrons. The highest BCUT2D eigenvalue weighted by atomic mass is 19.2. The number of halogens is 3. The molecule has 0 unspecified atom stereocenters. The average molecular weight is 332 g/mol. The molecular weight excluding hydrogens is 309 g/mol. The van der Waals surface area contributed by atoms with Crippen LogP contribution in [0.4, 0.5) is 18.0 Å². The summed E-state index contributed by atoms with van der Waals surface area (Å²) in [6.07, 6.45) is 1.83. The van der Waals surface area contributed by atoms with Crippen molar-refractivity contribution in [3.63, 3.8) is 0 Å². The predicted octanol–water partition coefficient (Wildman–Crippen LogP) is 3.37. The van der Waals surface area contributed by atoms with Crippen LogP contribution >= 0.6 is 0 Å². The van der Waals surface area contributed by atoms with Crippen molar-refractivity contribution in [2.45, 2.75) is 45.3 Å². The van der Waals surface area contributed by atoms with Crippen molar-refractivity contribution in [3.05, 3.63) is 35.7 Å². The van der Waals surface area contributed by atoms with Gasteiger partial charge in [0.2, 0.25) is 0 Å². The third kappa shape index (κ3) is 8.44. The van der Waals surface area contributed by atoms with Crippen LogP contribution in [0.25, 0.3) is 0 Å². The third-order valence-corrected chi connectivity index (χ3v) is 2.90. The van der Waals surface area contributed by atoms with E-state index in [1.807, 2.05) is 20.8 Å². The molecule has 1 heterocycles. The second kappa shape index (κ2) is 8.76. The summed E-state index contributed by atoms with van der Waals surface area (Å²) in [5.41, 5.74) is -0.411. The number of carbonyl (C=O) groups excluding carboxylic acids is 1. The first kappa shape index (κ1) is 19.3. The van der Waals surface area contributed by atoms with E-state index >= 15 is 0 Å². The Morgan fingerprint density at radius 2 is 1.96 bits per heavy atom. The number of amides is 1. The van der Waals surface area contributed by atoms with E-state index in [4.69, 9.17) is 4.74 Å². The predicted molar refractivity (Wildman–Crippen MR) is 81.6 cm³/mol. The Kier molecular flexibility index (Phi) is 7.35. The van der Waals surface area contributed by atoms with Crippen LogP contribution in [0.1, 0.15) is 33.6 Å². The molecule has 1 aliphatic rings. The van der Waals surface area contributed by atoms with Gasteiger partial charge in [-0.2, -0.15) is 0 Å². The van der Waals surface area contributed by atoms with Gasteiger partial charge in [0, 0.05) is 18.7 Å². The van der Waals surface area contributed by atoms with E-state index in [1.54, 1.807) is 0 Å². The zero-order chi connectivity index (χ0) is 17.5. The molecular formula is C16H23F3N2O2. The number of rotatable bonds is 1. The van der Waals surface area contributed by atoms with Gasteiger partial charge in [0.05, 0.1) is 0 Å². The molecule has 0 bridgehead atoms. The van der Waals surface area contributed by atoms with Crippen LogP contribution in [0.5, 0.6) is 0 Å².